The molecule has 1 aliphatic rings. The fraction of sp³-hybridized carbons (Fsp3) is 0.533. The van der Waals surface area contributed by atoms with Crippen LogP contribution in [0.3, 0.4) is 0 Å². The van der Waals surface area contributed by atoms with Gasteiger partial charge in [0.25, 0.3) is 5.91 Å². The van der Waals surface area contributed by atoms with E-state index in [1.807, 2.05) is 22.6 Å². The lowest BCUT2D eigenvalue weighted by Crippen LogP contribution is -2.36. The van der Waals surface area contributed by atoms with Gasteiger partial charge in [0.1, 0.15) is 11.6 Å². The number of nitrogens with one attached hydrogen (secondary N) is 1. The molecule has 0 aliphatic carbocycles. The van der Waals surface area contributed by atoms with E-state index < -0.39 is 0 Å². The van der Waals surface area contributed by atoms with Crippen LogP contribution in [-0.4, -0.2) is 44.2 Å². The Kier molecular flexibility index (Phi) is 3.75. The van der Waals surface area contributed by atoms with Crippen LogP contribution in [0.5, 0.6) is 0 Å². The Morgan fingerprint density at radius 2 is 2.13 bits per heavy atom. The third-order valence-electron chi connectivity index (χ3n) is 3.73. The molecule has 1 N–H and O–H groups in total. The van der Waals surface area contributed by atoms with Crippen LogP contribution in [0.2, 0.25) is 0 Å². The number of amides is 1. The summed E-state index contributed by atoms with van der Waals surface area (Å²) in [7, 11) is 1.94. The van der Waals surface area contributed by atoms with E-state index in [1.54, 1.807) is 6.20 Å². The van der Waals surface area contributed by atoms with Gasteiger partial charge in [-0.25, -0.2) is 9.97 Å². The van der Waals surface area contributed by atoms with Crippen LogP contribution in [0.15, 0.2) is 12.3 Å². The van der Waals surface area contributed by atoms with Crippen molar-refractivity contribution >= 4 is 11.7 Å². The summed E-state index contributed by atoms with van der Waals surface area (Å²) in [5.74, 6) is 2.58. The molecule has 0 saturated carbocycles. The highest BCUT2D eigenvalue weighted by molar-refractivity contribution is 5.91. The number of hydrogen-bond donors (Lipinski definition) is 1. The molecule has 0 unspecified atom stereocenters. The number of aromatic nitrogens is 5. The Hall–Kier alpha value is -2.51. The second-order valence-electron chi connectivity index (χ2n) is 6.69. The van der Waals surface area contributed by atoms with Gasteiger partial charge in [-0.2, -0.15) is 0 Å². The lowest BCUT2D eigenvalue weighted by atomic mass is 9.96. The van der Waals surface area contributed by atoms with Crippen LogP contribution in [-0.2, 0) is 18.5 Å². The minimum atomic E-state index is -0.172. The first-order valence-electron chi connectivity index (χ1n) is 7.61. The number of carbonyl (C=O) groups excluding carboxylic acids is 1. The van der Waals surface area contributed by atoms with Crippen molar-refractivity contribution in [3.63, 3.8) is 0 Å². The Balaban J connectivity index is 1.83. The fourth-order valence-electron chi connectivity index (χ4n) is 2.43. The van der Waals surface area contributed by atoms with Crippen LogP contribution >= 0.6 is 0 Å². The first-order chi connectivity index (χ1) is 10.9. The maximum Gasteiger partial charge on any atom is 0.289 e. The van der Waals surface area contributed by atoms with Crippen molar-refractivity contribution in [3.8, 4) is 0 Å². The van der Waals surface area contributed by atoms with Crippen molar-refractivity contribution in [1.82, 2.24) is 30.0 Å². The van der Waals surface area contributed by atoms with Crippen molar-refractivity contribution in [1.29, 1.82) is 0 Å². The van der Waals surface area contributed by atoms with E-state index in [0.29, 0.717) is 25.5 Å². The van der Waals surface area contributed by atoms with Crippen molar-refractivity contribution < 1.29 is 4.79 Å². The largest absolute Gasteiger partial charge is 0.352 e. The maximum atomic E-state index is 11.7. The maximum absolute atomic E-state index is 11.7. The Bertz CT molecular complexity index is 732. The summed E-state index contributed by atoms with van der Waals surface area (Å²) in [6, 6.07) is 1.87. The highest BCUT2D eigenvalue weighted by Gasteiger charge is 2.23. The quantitative estimate of drug-likeness (QED) is 0.899. The highest BCUT2D eigenvalue weighted by Crippen LogP contribution is 2.20. The van der Waals surface area contributed by atoms with Gasteiger partial charge in [-0.3, -0.25) is 4.79 Å². The number of hydrogen-bond acceptors (Lipinski definition) is 6. The zero-order valence-corrected chi connectivity index (χ0v) is 13.9. The minimum absolute atomic E-state index is 0.108. The van der Waals surface area contributed by atoms with E-state index in [2.05, 4.69) is 46.3 Å². The van der Waals surface area contributed by atoms with Crippen molar-refractivity contribution in [2.45, 2.75) is 39.3 Å². The standard InChI is InChI=1S/C15H21N7O/c1-15(2,3)14-17-6-5-10(18-14)21(4)9-11-19-20-12-13(23)16-7-8-22(11)12/h5-6H,7-9H2,1-4H3,(H,16,23). The predicted molar refractivity (Wildman–Crippen MR) is 85.2 cm³/mol. The topological polar surface area (TPSA) is 88.8 Å². The fourth-order valence-corrected chi connectivity index (χ4v) is 2.43. The van der Waals surface area contributed by atoms with E-state index in [-0.39, 0.29) is 11.3 Å². The number of fused-ring (bicyclic) bond motifs is 1. The molecule has 0 saturated heterocycles. The summed E-state index contributed by atoms with van der Waals surface area (Å²) in [5, 5.41) is 10.9. The molecule has 0 bridgehead atoms. The predicted octanol–water partition coefficient (Wildman–Crippen LogP) is 0.745. The van der Waals surface area contributed by atoms with Gasteiger partial charge in [0.15, 0.2) is 5.82 Å². The summed E-state index contributed by atoms with van der Waals surface area (Å²) < 4.78 is 1.86. The average Bonchev–Trinajstić information content (AvgIpc) is 2.91. The third kappa shape index (κ3) is 3.01. The molecule has 2 aromatic rings. The number of rotatable bonds is 3. The van der Waals surface area contributed by atoms with E-state index in [9.17, 15) is 4.79 Å². The van der Waals surface area contributed by atoms with Gasteiger partial charge in [0.05, 0.1) is 6.54 Å². The van der Waals surface area contributed by atoms with Gasteiger partial charge in [-0.05, 0) is 6.07 Å². The van der Waals surface area contributed by atoms with Gasteiger partial charge in [0, 0.05) is 31.7 Å². The molecule has 8 nitrogen and oxygen atoms in total. The van der Waals surface area contributed by atoms with Crippen LogP contribution < -0.4 is 10.2 Å². The SMILES string of the molecule is CN(Cc1nnc2n1CCNC2=O)c1ccnc(C(C)(C)C)n1. The molecule has 0 atom stereocenters. The molecule has 23 heavy (non-hydrogen) atoms. The van der Waals surface area contributed by atoms with Gasteiger partial charge in [-0.1, -0.05) is 20.8 Å². The molecule has 8 heteroatoms. The molecule has 3 heterocycles. The van der Waals surface area contributed by atoms with E-state index in [4.69, 9.17) is 0 Å². The smallest absolute Gasteiger partial charge is 0.289 e. The zero-order valence-electron chi connectivity index (χ0n) is 13.9. The van der Waals surface area contributed by atoms with Crippen LogP contribution in [0.25, 0.3) is 0 Å². The van der Waals surface area contributed by atoms with E-state index in [0.717, 1.165) is 17.5 Å². The molecule has 0 radical (unpaired) electrons. The van der Waals surface area contributed by atoms with Crippen molar-refractivity contribution in [2.75, 3.05) is 18.5 Å². The normalized spacial score (nSPS) is 14.3. The van der Waals surface area contributed by atoms with Crippen LogP contribution in [0, 0.1) is 0 Å². The number of nitrogens with zero attached hydrogens (tertiary/aromatic N) is 6. The molecular formula is C15H21N7O. The summed E-state index contributed by atoms with van der Waals surface area (Å²) in [6.45, 7) is 8.07. The first-order valence-corrected chi connectivity index (χ1v) is 7.61. The monoisotopic (exact) mass is 315 g/mol. The van der Waals surface area contributed by atoms with Crippen molar-refractivity contribution in [3.05, 3.63) is 29.7 Å². The second kappa shape index (κ2) is 5.60. The lowest BCUT2D eigenvalue weighted by Gasteiger charge is -2.22. The van der Waals surface area contributed by atoms with Gasteiger partial charge < -0.3 is 14.8 Å². The van der Waals surface area contributed by atoms with Gasteiger partial charge in [0.2, 0.25) is 5.82 Å². The van der Waals surface area contributed by atoms with Crippen LogP contribution in [0.1, 0.15) is 43.0 Å². The molecule has 0 fully saturated rings. The third-order valence-corrected chi connectivity index (χ3v) is 3.73. The molecule has 1 amide bonds. The minimum Gasteiger partial charge on any atom is -0.352 e. The lowest BCUT2D eigenvalue weighted by molar-refractivity contribution is 0.0921. The number of anilines is 1. The number of carbonyl (C=O) groups is 1. The van der Waals surface area contributed by atoms with E-state index in [1.165, 1.54) is 0 Å². The van der Waals surface area contributed by atoms with Crippen LogP contribution in [0.4, 0.5) is 5.82 Å². The molecule has 0 aromatic carbocycles. The average molecular weight is 315 g/mol. The van der Waals surface area contributed by atoms with Gasteiger partial charge >= 0.3 is 0 Å². The summed E-state index contributed by atoms with van der Waals surface area (Å²) in [4.78, 5) is 22.7. The summed E-state index contributed by atoms with van der Waals surface area (Å²) >= 11 is 0. The Labute approximate surface area is 135 Å². The van der Waals surface area contributed by atoms with E-state index >= 15 is 0 Å². The molecule has 2 aromatic heterocycles. The summed E-state index contributed by atoms with van der Waals surface area (Å²) in [6.07, 6.45) is 1.77. The molecule has 1 aliphatic heterocycles. The summed E-state index contributed by atoms with van der Waals surface area (Å²) in [5.41, 5.74) is -0.108. The Morgan fingerprint density at radius 1 is 1.35 bits per heavy atom. The molecule has 122 valence electrons. The zero-order chi connectivity index (χ0) is 16.6. The highest BCUT2D eigenvalue weighted by atomic mass is 16.2. The molecule has 3 rings (SSSR count). The first kappa shape index (κ1) is 15.4. The second-order valence-corrected chi connectivity index (χ2v) is 6.69. The molecule has 0 spiro atoms. The van der Waals surface area contributed by atoms with Gasteiger partial charge in [-0.15, -0.1) is 10.2 Å². The van der Waals surface area contributed by atoms with Crippen molar-refractivity contribution in [2.24, 2.45) is 0 Å². The molecular weight excluding hydrogens is 294 g/mol. The Morgan fingerprint density at radius 3 is 2.87 bits per heavy atom.